The van der Waals surface area contributed by atoms with E-state index in [2.05, 4.69) is 11.1 Å². The smallest absolute Gasteiger partial charge is 0.255 e. The van der Waals surface area contributed by atoms with E-state index in [0.29, 0.717) is 0 Å². The summed E-state index contributed by atoms with van der Waals surface area (Å²) in [5, 5.41) is 3.88. The van der Waals surface area contributed by atoms with Crippen LogP contribution in [-0.4, -0.2) is 36.4 Å². The minimum absolute atomic E-state index is 0.141. The molecule has 21 heavy (non-hydrogen) atoms. The summed E-state index contributed by atoms with van der Waals surface area (Å²) >= 11 is 1.57. The number of hydrogen-bond acceptors (Lipinski definition) is 4. The van der Waals surface area contributed by atoms with Crippen LogP contribution in [0.25, 0.3) is 0 Å². The van der Waals surface area contributed by atoms with Crippen molar-refractivity contribution >= 4 is 23.1 Å². The Kier molecular flexibility index (Phi) is 3.92. The molecule has 3 rings (SSSR count). The molecule has 0 N–H and O–H groups in total. The van der Waals surface area contributed by atoms with Crippen LogP contribution < -0.4 is 4.90 Å². The zero-order valence-corrected chi connectivity index (χ0v) is 13.1. The number of rotatable bonds is 3. The second-order valence-electron chi connectivity index (χ2n) is 5.51. The molecule has 1 aliphatic heterocycles. The predicted molar refractivity (Wildman–Crippen MR) is 85.9 cm³/mol. The molecule has 4 nitrogen and oxygen atoms in total. The number of aromatic nitrogens is 1. The molecule has 0 aromatic carbocycles. The molecular weight excluding hydrogens is 282 g/mol. The van der Waals surface area contributed by atoms with Crippen molar-refractivity contribution in [1.82, 2.24) is 9.88 Å². The lowest BCUT2D eigenvalue weighted by atomic mass is 10.1. The fourth-order valence-corrected chi connectivity index (χ4v) is 3.42. The molecule has 1 amide bonds. The fraction of sp³-hybridized carbons (Fsp3) is 0.375. The lowest BCUT2D eigenvalue weighted by Crippen LogP contribution is -2.30. The van der Waals surface area contributed by atoms with Gasteiger partial charge in [0.05, 0.1) is 11.6 Å². The molecule has 0 radical (unpaired) electrons. The Bertz CT molecular complexity index is 624. The first-order valence-corrected chi connectivity index (χ1v) is 8.07. The first-order valence-electron chi connectivity index (χ1n) is 7.13. The molecule has 1 fully saturated rings. The number of likely N-dealkylation sites (tertiary alicyclic amines) is 1. The minimum Gasteiger partial charge on any atom is -0.363 e. The molecule has 0 saturated carbocycles. The van der Waals surface area contributed by atoms with Crippen LogP contribution in [0, 0.1) is 0 Å². The predicted octanol–water partition coefficient (Wildman–Crippen LogP) is 3.19. The van der Waals surface area contributed by atoms with Crippen molar-refractivity contribution in [3.63, 3.8) is 0 Å². The monoisotopic (exact) mass is 301 g/mol. The summed E-state index contributed by atoms with van der Waals surface area (Å²) in [7, 11) is 3.96. The Morgan fingerprint density at radius 2 is 2.29 bits per heavy atom. The van der Waals surface area contributed by atoms with Gasteiger partial charge in [0.15, 0.2) is 0 Å². The second kappa shape index (κ2) is 5.85. The van der Waals surface area contributed by atoms with E-state index >= 15 is 0 Å². The zero-order valence-electron chi connectivity index (χ0n) is 12.3. The van der Waals surface area contributed by atoms with E-state index in [-0.39, 0.29) is 11.9 Å². The maximum absolute atomic E-state index is 12.6. The van der Waals surface area contributed by atoms with Gasteiger partial charge < -0.3 is 9.80 Å². The van der Waals surface area contributed by atoms with Crippen molar-refractivity contribution in [2.24, 2.45) is 0 Å². The maximum Gasteiger partial charge on any atom is 0.255 e. The maximum atomic E-state index is 12.6. The standard InChI is InChI=1S/C16H19N3OS/c1-18(2)15-10-12(5-7-17-15)14-4-3-8-19(14)16(20)13-6-9-21-11-13/h5-7,9-11,14H,3-4,8H2,1-2H3. The first-order chi connectivity index (χ1) is 10.2. The molecule has 1 saturated heterocycles. The normalized spacial score (nSPS) is 18.0. The number of amides is 1. The number of anilines is 1. The Balaban J connectivity index is 1.87. The molecule has 2 aromatic heterocycles. The van der Waals surface area contributed by atoms with E-state index in [4.69, 9.17) is 0 Å². The van der Waals surface area contributed by atoms with Gasteiger partial charge in [-0.1, -0.05) is 0 Å². The number of thiophene rings is 1. The van der Waals surface area contributed by atoms with Gasteiger partial charge in [-0.3, -0.25) is 4.79 Å². The topological polar surface area (TPSA) is 36.4 Å². The summed E-state index contributed by atoms with van der Waals surface area (Å²) in [6, 6.07) is 6.18. The molecule has 0 aliphatic carbocycles. The zero-order chi connectivity index (χ0) is 14.8. The van der Waals surface area contributed by atoms with Crippen LogP contribution in [0.4, 0.5) is 5.82 Å². The summed E-state index contributed by atoms with van der Waals surface area (Å²) in [5.74, 6) is 1.07. The van der Waals surface area contributed by atoms with Gasteiger partial charge in [-0.2, -0.15) is 11.3 Å². The average Bonchev–Trinajstić information content (AvgIpc) is 3.18. The van der Waals surface area contributed by atoms with Gasteiger partial charge in [0.2, 0.25) is 0 Å². The van der Waals surface area contributed by atoms with E-state index < -0.39 is 0 Å². The van der Waals surface area contributed by atoms with Gasteiger partial charge in [0.1, 0.15) is 5.82 Å². The molecule has 110 valence electrons. The summed E-state index contributed by atoms with van der Waals surface area (Å²) in [6.07, 6.45) is 3.91. The van der Waals surface area contributed by atoms with Crippen LogP contribution in [0.3, 0.4) is 0 Å². The van der Waals surface area contributed by atoms with E-state index in [0.717, 1.165) is 30.8 Å². The summed E-state index contributed by atoms with van der Waals surface area (Å²) in [4.78, 5) is 21.0. The highest BCUT2D eigenvalue weighted by Crippen LogP contribution is 2.34. The van der Waals surface area contributed by atoms with Crippen molar-refractivity contribution < 1.29 is 4.79 Å². The molecule has 1 aliphatic rings. The number of hydrogen-bond donors (Lipinski definition) is 0. The summed E-state index contributed by atoms with van der Waals surface area (Å²) < 4.78 is 0. The van der Waals surface area contributed by atoms with E-state index in [1.807, 2.05) is 53.0 Å². The highest BCUT2D eigenvalue weighted by atomic mass is 32.1. The Labute approximate surface area is 129 Å². The molecule has 1 atom stereocenters. The van der Waals surface area contributed by atoms with Crippen LogP contribution in [-0.2, 0) is 0 Å². The van der Waals surface area contributed by atoms with Crippen molar-refractivity contribution in [2.75, 3.05) is 25.5 Å². The quantitative estimate of drug-likeness (QED) is 0.873. The van der Waals surface area contributed by atoms with Crippen molar-refractivity contribution in [1.29, 1.82) is 0 Å². The Morgan fingerprint density at radius 3 is 3.00 bits per heavy atom. The Hall–Kier alpha value is -1.88. The van der Waals surface area contributed by atoms with Crippen LogP contribution in [0.15, 0.2) is 35.2 Å². The number of carbonyl (C=O) groups is 1. The van der Waals surface area contributed by atoms with Crippen LogP contribution in [0.1, 0.15) is 34.8 Å². The highest BCUT2D eigenvalue weighted by Gasteiger charge is 2.30. The molecule has 5 heteroatoms. The third-order valence-corrected chi connectivity index (χ3v) is 4.58. The molecule has 0 bridgehead atoms. The van der Waals surface area contributed by atoms with Crippen LogP contribution in [0.2, 0.25) is 0 Å². The van der Waals surface area contributed by atoms with E-state index in [1.165, 1.54) is 5.56 Å². The van der Waals surface area contributed by atoms with Crippen molar-refractivity contribution in [3.8, 4) is 0 Å². The van der Waals surface area contributed by atoms with Gasteiger partial charge in [0, 0.05) is 32.2 Å². The SMILES string of the molecule is CN(C)c1cc(C2CCCN2C(=O)c2ccsc2)ccn1. The number of carbonyl (C=O) groups excluding carboxylic acids is 1. The molecule has 3 heterocycles. The molecule has 1 unspecified atom stereocenters. The summed E-state index contributed by atoms with van der Waals surface area (Å²) in [5.41, 5.74) is 1.98. The lowest BCUT2D eigenvalue weighted by Gasteiger charge is -2.25. The van der Waals surface area contributed by atoms with Gasteiger partial charge in [-0.25, -0.2) is 4.98 Å². The van der Waals surface area contributed by atoms with Crippen LogP contribution in [0.5, 0.6) is 0 Å². The van der Waals surface area contributed by atoms with Gasteiger partial charge in [-0.15, -0.1) is 0 Å². The first kappa shape index (κ1) is 14.1. The third-order valence-electron chi connectivity index (χ3n) is 3.89. The van der Waals surface area contributed by atoms with Gasteiger partial charge in [0.25, 0.3) is 5.91 Å². The van der Waals surface area contributed by atoms with E-state index in [1.54, 1.807) is 11.3 Å². The Morgan fingerprint density at radius 1 is 1.43 bits per heavy atom. The van der Waals surface area contributed by atoms with E-state index in [9.17, 15) is 4.79 Å². The highest BCUT2D eigenvalue weighted by molar-refractivity contribution is 7.08. The third kappa shape index (κ3) is 2.78. The minimum atomic E-state index is 0.141. The van der Waals surface area contributed by atoms with Crippen molar-refractivity contribution in [3.05, 3.63) is 46.3 Å². The largest absolute Gasteiger partial charge is 0.363 e. The van der Waals surface area contributed by atoms with Crippen molar-refractivity contribution in [2.45, 2.75) is 18.9 Å². The fourth-order valence-electron chi connectivity index (χ4n) is 2.79. The lowest BCUT2D eigenvalue weighted by molar-refractivity contribution is 0.0736. The average molecular weight is 301 g/mol. The van der Waals surface area contributed by atoms with Gasteiger partial charge >= 0.3 is 0 Å². The second-order valence-corrected chi connectivity index (χ2v) is 6.29. The van der Waals surface area contributed by atoms with Crippen LogP contribution >= 0.6 is 11.3 Å². The number of pyridine rings is 1. The van der Waals surface area contributed by atoms with Gasteiger partial charge in [-0.05, 0) is 42.0 Å². The summed E-state index contributed by atoms with van der Waals surface area (Å²) in [6.45, 7) is 0.832. The molecule has 0 spiro atoms. The molecule has 2 aromatic rings. The number of nitrogens with zero attached hydrogens (tertiary/aromatic N) is 3. The molecular formula is C16H19N3OS.